The molecule has 23 heavy (non-hydrogen) atoms. The van der Waals surface area contributed by atoms with Crippen molar-refractivity contribution in [1.82, 2.24) is 0 Å². The topological polar surface area (TPSA) is 59.6 Å². The Morgan fingerprint density at radius 2 is 2.09 bits per heavy atom. The molecule has 0 aliphatic rings. The lowest BCUT2D eigenvalue weighted by Gasteiger charge is -2.08. The fraction of sp³-hybridized carbons (Fsp3) is 0.188. The number of guanidine groups is 1. The van der Waals surface area contributed by atoms with Gasteiger partial charge in [-0.1, -0.05) is 23.7 Å². The summed E-state index contributed by atoms with van der Waals surface area (Å²) < 4.78 is 18.1. The summed E-state index contributed by atoms with van der Waals surface area (Å²) in [5.74, 6) is 0.618. The molecule has 124 valence electrons. The quantitative estimate of drug-likeness (QED) is 0.411. The van der Waals surface area contributed by atoms with Crippen molar-refractivity contribution in [3.63, 3.8) is 0 Å². The normalized spacial score (nSPS) is 10.8. The van der Waals surface area contributed by atoms with Crippen LogP contribution in [0.5, 0.6) is 5.75 Å². The Labute approximate surface area is 156 Å². The van der Waals surface area contributed by atoms with Crippen LogP contribution in [0.1, 0.15) is 5.56 Å². The fourth-order valence-electron chi connectivity index (χ4n) is 1.93. The monoisotopic (exact) mass is 449 g/mol. The molecule has 0 saturated heterocycles. The van der Waals surface area contributed by atoms with Crippen LogP contribution in [0.4, 0.5) is 10.1 Å². The molecule has 0 saturated carbocycles. The van der Waals surface area contributed by atoms with Gasteiger partial charge in [-0.05, 0) is 42.3 Å². The van der Waals surface area contributed by atoms with Gasteiger partial charge in [0.15, 0.2) is 5.96 Å². The second kappa shape index (κ2) is 9.57. The standard InChI is InChI=1S/C16H17ClFN3O.HI/c1-22-15-6-5-13(10-14(15)17)21-16(19)20-8-7-11-3-2-4-12(18)9-11;/h2-6,9-10H,7-8H2,1H3,(H3,19,20,21);1H. The number of aliphatic imine (C=N–C) groups is 1. The molecule has 7 heteroatoms. The van der Waals surface area contributed by atoms with Crippen LogP contribution >= 0.6 is 35.6 Å². The summed E-state index contributed by atoms with van der Waals surface area (Å²) >= 11 is 6.03. The highest BCUT2D eigenvalue weighted by atomic mass is 127. The summed E-state index contributed by atoms with van der Waals surface area (Å²) in [4.78, 5) is 4.20. The van der Waals surface area contributed by atoms with Gasteiger partial charge in [0, 0.05) is 12.2 Å². The van der Waals surface area contributed by atoms with Gasteiger partial charge in [0.05, 0.1) is 12.1 Å². The Bertz CT molecular complexity index is 682. The van der Waals surface area contributed by atoms with Crippen LogP contribution in [-0.2, 0) is 6.42 Å². The van der Waals surface area contributed by atoms with Crippen molar-refractivity contribution in [3.8, 4) is 5.75 Å². The average Bonchev–Trinajstić information content (AvgIpc) is 2.47. The summed E-state index contributed by atoms with van der Waals surface area (Å²) in [6, 6.07) is 11.7. The van der Waals surface area contributed by atoms with Crippen molar-refractivity contribution >= 4 is 47.2 Å². The number of anilines is 1. The van der Waals surface area contributed by atoms with E-state index in [9.17, 15) is 4.39 Å². The van der Waals surface area contributed by atoms with E-state index in [1.165, 1.54) is 12.1 Å². The van der Waals surface area contributed by atoms with Gasteiger partial charge in [0.25, 0.3) is 0 Å². The van der Waals surface area contributed by atoms with Crippen LogP contribution < -0.4 is 15.8 Å². The van der Waals surface area contributed by atoms with Crippen molar-refractivity contribution in [3.05, 3.63) is 58.9 Å². The molecule has 0 atom stereocenters. The molecule has 3 N–H and O–H groups in total. The molecule has 0 spiro atoms. The molecule has 0 amide bonds. The predicted octanol–water partition coefficient (Wildman–Crippen LogP) is 4.08. The Morgan fingerprint density at radius 3 is 2.74 bits per heavy atom. The van der Waals surface area contributed by atoms with Crippen molar-refractivity contribution in [2.75, 3.05) is 19.0 Å². The number of methoxy groups -OCH3 is 1. The van der Waals surface area contributed by atoms with Crippen LogP contribution in [0.3, 0.4) is 0 Å². The van der Waals surface area contributed by atoms with Crippen LogP contribution in [0.2, 0.25) is 5.02 Å². The summed E-state index contributed by atoms with van der Waals surface area (Å²) in [7, 11) is 1.55. The third-order valence-corrected chi connectivity index (χ3v) is 3.29. The van der Waals surface area contributed by atoms with Crippen molar-refractivity contribution in [1.29, 1.82) is 0 Å². The number of halogens is 3. The zero-order valence-electron chi connectivity index (χ0n) is 12.6. The van der Waals surface area contributed by atoms with E-state index in [1.54, 1.807) is 31.4 Å². The first-order chi connectivity index (χ1) is 10.6. The zero-order chi connectivity index (χ0) is 15.9. The van der Waals surface area contributed by atoms with Gasteiger partial charge in [0.1, 0.15) is 11.6 Å². The summed E-state index contributed by atoms with van der Waals surface area (Å²) in [5.41, 5.74) is 7.41. The molecular formula is C16H18ClFIN3O. The van der Waals surface area contributed by atoms with Crippen LogP contribution in [0, 0.1) is 5.82 Å². The third kappa shape index (κ3) is 6.23. The number of ether oxygens (including phenoxy) is 1. The third-order valence-electron chi connectivity index (χ3n) is 3.00. The number of nitrogens with one attached hydrogen (secondary N) is 1. The number of rotatable bonds is 5. The molecule has 2 rings (SSSR count). The van der Waals surface area contributed by atoms with Gasteiger partial charge >= 0.3 is 0 Å². The van der Waals surface area contributed by atoms with E-state index in [0.717, 1.165) is 11.3 Å². The van der Waals surface area contributed by atoms with Crippen molar-refractivity contribution in [2.45, 2.75) is 6.42 Å². The lowest BCUT2D eigenvalue weighted by atomic mass is 10.1. The van der Waals surface area contributed by atoms with Crippen LogP contribution in [-0.4, -0.2) is 19.6 Å². The van der Waals surface area contributed by atoms with Gasteiger partial charge in [-0.15, -0.1) is 24.0 Å². The maximum absolute atomic E-state index is 13.0. The van der Waals surface area contributed by atoms with E-state index >= 15 is 0 Å². The lowest BCUT2D eigenvalue weighted by Crippen LogP contribution is -2.23. The molecule has 2 aromatic rings. The molecule has 4 nitrogen and oxygen atoms in total. The highest BCUT2D eigenvalue weighted by Crippen LogP contribution is 2.26. The minimum absolute atomic E-state index is 0. The Morgan fingerprint density at radius 1 is 1.30 bits per heavy atom. The van der Waals surface area contributed by atoms with Gasteiger partial charge in [-0.2, -0.15) is 0 Å². The summed E-state index contributed by atoms with van der Waals surface area (Å²) in [6.45, 7) is 0.464. The Hall–Kier alpha value is -1.54. The maximum atomic E-state index is 13.0. The predicted molar refractivity (Wildman–Crippen MR) is 104 cm³/mol. The van der Waals surface area contributed by atoms with Gasteiger partial charge in [0.2, 0.25) is 0 Å². The summed E-state index contributed by atoms with van der Waals surface area (Å²) in [6.07, 6.45) is 0.615. The smallest absolute Gasteiger partial charge is 0.193 e. The molecule has 0 aliphatic heterocycles. The molecular weight excluding hydrogens is 432 g/mol. The van der Waals surface area contributed by atoms with Gasteiger partial charge in [-0.3, -0.25) is 4.99 Å². The molecule has 0 unspecified atom stereocenters. The van der Waals surface area contributed by atoms with E-state index < -0.39 is 0 Å². The van der Waals surface area contributed by atoms with E-state index in [-0.39, 0.29) is 35.8 Å². The van der Waals surface area contributed by atoms with E-state index in [4.69, 9.17) is 22.1 Å². The Kier molecular flexibility index (Phi) is 8.11. The highest BCUT2D eigenvalue weighted by molar-refractivity contribution is 14.0. The first-order valence-corrected chi connectivity index (χ1v) is 7.11. The van der Waals surface area contributed by atoms with Gasteiger partial charge in [-0.25, -0.2) is 4.39 Å². The van der Waals surface area contributed by atoms with E-state index in [2.05, 4.69) is 10.3 Å². The second-order valence-corrected chi connectivity index (χ2v) is 5.03. The molecule has 0 aromatic heterocycles. The van der Waals surface area contributed by atoms with Crippen LogP contribution in [0.15, 0.2) is 47.5 Å². The second-order valence-electron chi connectivity index (χ2n) is 4.62. The number of hydrogen-bond donors (Lipinski definition) is 2. The van der Waals surface area contributed by atoms with Crippen molar-refractivity contribution < 1.29 is 9.13 Å². The maximum Gasteiger partial charge on any atom is 0.193 e. The number of benzene rings is 2. The zero-order valence-corrected chi connectivity index (χ0v) is 15.6. The largest absolute Gasteiger partial charge is 0.495 e. The van der Waals surface area contributed by atoms with Crippen molar-refractivity contribution in [2.24, 2.45) is 10.7 Å². The lowest BCUT2D eigenvalue weighted by molar-refractivity contribution is 0.415. The van der Waals surface area contributed by atoms with Gasteiger partial charge < -0.3 is 15.8 Å². The average molecular weight is 450 g/mol. The first-order valence-electron chi connectivity index (χ1n) is 6.73. The number of hydrogen-bond acceptors (Lipinski definition) is 2. The SMILES string of the molecule is COc1ccc(NC(N)=NCCc2cccc(F)c2)cc1Cl.I. The first kappa shape index (κ1) is 19.5. The fourth-order valence-corrected chi connectivity index (χ4v) is 2.19. The number of nitrogens with two attached hydrogens (primary N) is 1. The molecule has 0 radical (unpaired) electrons. The van der Waals surface area contributed by atoms with Crippen LogP contribution in [0.25, 0.3) is 0 Å². The highest BCUT2D eigenvalue weighted by Gasteiger charge is 2.02. The molecule has 0 heterocycles. The van der Waals surface area contributed by atoms with E-state index in [1.807, 2.05) is 6.07 Å². The Balaban J connectivity index is 0.00000264. The molecule has 2 aromatic carbocycles. The minimum Gasteiger partial charge on any atom is -0.495 e. The summed E-state index contributed by atoms with van der Waals surface area (Å²) in [5, 5.41) is 3.43. The minimum atomic E-state index is -0.250. The molecule has 0 bridgehead atoms. The molecule has 0 aliphatic carbocycles. The molecule has 0 fully saturated rings. The van der Waals surface area contributed by atoms with E-state index in [0.29, 0.717) is 23.7 Å². The number of nitrogens with zero attached hydrogens (tertiary/aromatic N) is 1.